The zero-order valence-corrected chi connectivity index (χ0v) is 13.0. The Hall–Kier alpha value is -2.33. The first-order valence-electron chi connectivity index (χ1n) is 7.34. The lowest BCUT2D eigenvalue weighted by molar-refractivity contribution is 0.104. The minimum absolute atomic E-state index is 0.147. The summed E-state index contributed by atoms with van der Waals surface area (Å²) >= 11 is 0. The molecule has 2 aromatic carbocycles. The molecular formula is C18H22N2O2. The van der Waals surface area contributed by atoms with Gasteiger partial charge < -0.3 is 15.4 Å². The van der Waals surface area contributed by atoms with Crippen LogP contribution in [0, 0.1) is 6.92 Å². The topological polar surface area (TPSA) is 50.4 Å². The van der Waals surface area contributed by atoms with Gasteiger partial charge in [0.15, 0.2) is 0 Å². The largest absolute Gasteiger partial charge is 0.375 e. The molecule has 0 heterocycles. The maximum absolute atomic E-state index is 11.9. The van der Waals surface area contributed by atoms with Gasteiger partial charge in [-0.1, -0.05) is 60.2 Å². The highest BCUT2D eigenvalue weighted by atomic mass is 16.5. The summed E-state index contributed by atoms with van der Waals surface area (Å²) in [6.45, 7) is 2.98. The van der Waals surface area contributed by atoms with Crippen molar-refractivity contribution in [3.63, 3.8) is 0 Å². The van der Waals surface area contributed by atoms with Gasteiger partial charge in [0.25, 0.3) is 0 Å². The van der Waals surface area contributed by atoms with E-state index in [0.717, 1.165) is 11.1 Å². The van der Waals surface area contributed by atoms with Crippen molar-refractivity contribution < 1.29 is 9.53 Å². The van der Waals surface area contributed by atoms with Gasteiger partial charge in [0.1, 0.15) is 0 Å². The number of hydrogen-bond donors (Lipinski definition) is 2. The van der Waals surface area contributed by atoms with E-state index >= 15 is 0 Å². The molecule has 1 atom stereocenters. The number of rotatable bonds is 6. The van der Waals surface area contributed by atoms with Gasteiger partial charge in [0, 0.05) is 20.2 Å². The third kappa shape index (κ3) is 4.90. The van der Waals surface area contributed by atoms with Gasteiger partial charge in [0.2, 0.25) is 0 Å². The lowest BCUT2D eigenvalue weighted by Crippen LogP contribution is -2.37. The molecule has 0 radical (unpaired) electrons. The predicted molar refractivity (Wildman–Crippen MR) is 87.6 cm³/mol. The molecule has 0 saturated carbocycles. The summed E-state index contributed by atoms with van der Waals surface area (Å²) in [4.78, 5) is 11.9. The number of carbonyl (C=O) groups excluding carboxylic acids is 1. The Bertz CT molecular complexity index is 582. The van der Waals surface area contributed by atoms with Gasteiger partial charge >= 0.3 is 6.03 Å². The van der Waals surface area contributed by atoms with Crippen LogP contribution in [-0.2, 0) is 11.3 Å². The first kappa shape index (κ1) is 16.0. The molecule has 0 bridgehead atoms. The Labute approximate surface area is 131 Å². The number of amides is 2. The summed E-state index contributed by atoms with van der Waals surface area (Å²) in [6, 6.07) is 17.7. The van der Waals surface area contributed by atoms with E-state index in [1.54, 1.807) is 7.11 Å². The van der Waals surface area contributed by atoms with Crippen molar-refractivity contribution in [3.8, 4) is 0 Å². The third-order valence-electron chi connectivity index (χ3n) is 3.48. The van der Waals surface area contributed by atoms with Gasteiger partial charge in [-0.05, 0) is 18.1 Å². The van der Waals surface area contributed by atoms with E-state index in [0.29, 0.717) is 13.1 Å². The van der Waals surface area contributed by atoms with E-state index in [4.69, 9.17) is 4.74 Å². The summed E-state index contributed by atoms with van der Waals surface area (Å²) in [6.07, 6.45) is -0.147. The standard InChI is InChI=1S/C18H22N2O2/c1-14-8-10-15(11-9-14)12-19-18(21)20-13-17(22-2)16-6-4-3-5-7-16/h3-11,17H,12-13H2,1-2H3,(H2,19,20,21). The summed E-state index contributed by atoms with van der Waals surface area (Å²) in [5.41, 5.74) is 3.33. The molecule has 0 fully saturated rings. The molecule has 2 rings (SSSR count). The van der Waals surface area contributed by atoms with Crippen molar-refractivity contribution >= 4 is 6.03 Å². The van der Waals surface area contributed by atoms with E-state index in [9.17, 15) is 4.79 Å². The van der Waals surface area contributed by atoms with Crippen molar-refractivity contribution in [1.82, 2.24) is 10.6 Å². The van der Waals surface area contributed by atoms with Crippen molar-refractivity contribution in [2.24, 2.45) is 0 Å². The van der Waals surface area contributed by atoms with Crippen molar-refractivity contribution in [1.29, 1.82) is 0 Å². The van der Waals surface area contributed by atoms with Crippen LogP contribution in [-0.4, -0.2) is 19.7 Å². The fraction of sp³-hybridized carbons (Fsp3) is 0.278. The van der Waals surface area contributed by atoms with Crippen LogP contribution in [0.15, 0.2) is 54.6 Å². The Morgan fingerprint density at radius 3 is 2.36 bits per heavy atom. The van der Waals surface area contributed by atoms with Gasteiger partial charge in [-0.3, -0.25) is 0 Å². The second kappa shape index (κ2) is 8.20. The number of methoxy groups -OCH3 is 1. The molecule has 1 unspecified atom stereocenters. The minimum atomic E-state index is -0.196. The molecule has 0 saturated heterocycles. The van der Waals surface area contributed by atoms with Crippen LogP contribution in [0.5, 0.6) is 0 Å². The Morgan fingerprint density at radius 2 is 1.73 bits per heavy atom. The first-order chi connectivity index (χ1) is 10.7. The van der Waals surface area contributed by atoms with Gasteiger partial charge in [-0.2, -0.15) is 0 Å². The van der Waals surface area contributed by atoms with Crippen molar-refractivity contribution in [3.05, 3.63) is 71.3 Å². The molecular weight excluding hydrogens is 276 g/mol. The monoisotopic (exact) mass is 298 g/mol. The molecule has 0 aliphatic carbocycles. The number of aryl methyl sites for hydroxylation is 1. The summed E-state index contributed by atoms with van der Waals surface area (Å²) in [5.74, 6) is 0. The van der Waals surface area contributed by atoms with Crippen LogP contribution in [0.3, 0.4) is 0 Å². The van der Waals surface area contributed by atoms with E-state index < -0.39 is 0 Å². The van der Waals surface area contributed by atoms with Crippen LogP contribution in [0.25, 0.3) is 0 Å². The van der Waals surface area contributed by atoms with E-state index in [2.05, 4.69) is 10.6 Å². The van der Waals surface area contributed by atoms with E-state index in [1.165, 1.54) is 5.56 Å². The number of urea groups is 1. The maximum atomic E-state index is 11.9. The molecule has 2 aromatic rings. The smallest absolute Gasteiger partial charge is 0.315 e. The Balaban J connectivity index is 1.78. The van der Waals surface area contributed by atoms with Gasteiger partial charge in [-0.15, -0.1) is 0 Å². The van der Waals surface area contributed by atoms with Crippen LogP contribution in [0.1, 0.15) is 22.8 Å². The zero-order valence-electron chi connectivity index (χ0n) is 13.0. The molecule has 22 heavy (non-hydrogen) atoms. The van der Waals surface area contributed by atoms with Crippen LogP contribution >= 0.6 is 0 Å². The van der Waals surface area contributed by atoms with E-state index in [1.807, 2.05) is 61.5 Å². The first-order valence-corrected chi connectivity index (χ1v) is 7.34. The maximum Gasteiger partial charge on any atom is 0.315 e. The number of ether oxygens (including phenoxy) is 1. The highest BCUT2D eigenvalue weighted by molar-refractivity contribution is 5.73. The van der Waals surface area contributed by atoms with Crippen molar-refractivity contribution in [2.45, 2.75) is 19.6 Å². The quantitative estimate of drug-likeness (QED) is 0.860. The molecule has 116 valence electrons. The van der Waals surface area contributed by atoms with Crippen LogP contribution in [0.2, 0.25) is 0 Å². The average molecular weight is 298 g/mol. The average Bonchev–Trinajstić information content (AvgIpc) is 2.56. The lowest BCUT2D eigenvalue weighted by atomic mass is 10.1. The summed E-state index contributed by atoms with van der Waals surface area (Å²) < 4.78 is 5.42. The SMILES string of the molecule is COC(CNC(=O)NCc1ccc(C)cc1)c1ccccc1. The molecule has 4 heteroatoms. The number of hydrogen-bond acceptors (Lipinski definition) is 2. The molecule has 2 amide bonds. The highest BCUT2D eigenvalue weighted by Crippen LogP contribution is 2.14. The Kier molecular flexibility index (Phi) is 5.98. The zero-order chi connectivity index (χ0) is 15.8. The fourth-order valence-electron chi connectivity index (χ4n) is 2.14. The number of carbonyl (C=O) groups is 1. The van der Waals surface area contributed by atoms with Crippen molar-refractivity contribution in [2.75, 3.05) is 13.7 Å². The van der Waals surface area contributed by atoms with E-state index in [-0.39, 0.29) is 12.1 Å². The fourth-order valence-corrected chi connectivity index (χ4v) is 2.14. The second-order valence-electron chi connectivity index (χ2n) is 5.18. The summed E-state index contributed by atoms with van der Waals surface area (Å²) in [7, 11) is 1.64. The minimum Gasteiger partial charge on any atom is -0.375 e. The third-order valence-corrected chi connectivity index (χ3v) is 3.48. The normalized spacial score (nSPS) is 11.7. The summed E-state index contributed by atoms with van der Waals surface area (Å²) in [5, 5.41) is 5.68. The Morgan fingerprint density at radius 1 is 1.05 bits per heavy atom. The van der Waals surface area contributed by atoms with Crippen LogP contribution in [0.4, 0.5) is 4.79 Å². The van der Waals surface area contributed by atoms with Gasteiger partial charge in [0.05, 0.1) is 6.10 Å². The molecule has 0 aromatic heterocycles. The molecule has 0 aliphatic heterocycles. The molecule has 0 aliphatic rings. The van der Waals surface area contributed by atoms with Crippen LogP contribution < -0.4 is 10.6 Å². The number of benzene rings is 2. The number of nitrogens with one attached hydrogen (secondary N) is 2. The molecule has 4 nitrogen and oxygen atoms in total. The molecule has 2 N–H and O–H groups in total. The van der Waals surface area contributed by atoms with Gasteiger partial charge in [-0.25, -0.2) is 4.79 Å². The predicted octanol–water partition coefficient (Wildman–Crippen LogP) is 3.18. The lowest BCUT2D eigenvalue weighted by Gasteiger charge is -2.16. The second-order valence-corrected chi connectivity index (χ2v) is 5.18. The molecule has 0 spiro atoms. The highest BCUT2D eigenvalue weighted by Gasteiger charge is 2.11.